The Morgan fingerprint density at radius 2 is 2.06 bits per heavy atom. The Morgan fingerprint density at radius 3 is 2.53 bits per heavy atom. The van der Waals surface area contributed by atoms with Crippen molar-refractivity contribution < 1.29 is 18.3 Å². The highest BCUT2D eigenvalue weighted by Gasteiger charge is 2.22. The second-order valence-electron chi connectivity index (χ2n) is 3.59. The molecule has 5 nitrogen and oxygen atoms in total. The molecule has 1 aromatic carbocycles. The Hall–Kier alpha value is -0.920. The molecule has 2 N–H and O–H groups in total. The number of aliphatic carboxylic acids is 1. The second-order valence-corrected chi connectivity index (χ2v) is 6.19. The molecule has 0 radical (unpaired) electrons. The minimum Gasteiger partial charge on any atom is -0.480 e. The van der Waals surface area contributed by atoms with E-state index in [1.807, 2.05) is 0 Å². The molecule has 7 heteroatoms. The van der Waals surface area contributed by atoms with Crippen molar-refractivity contribution in [3.63, 3.8) is 0 Å². The van der Waals surface area contributed by atoms with Crippen molar-refractivity contribution in [3.8, 4) is 0 Å². The lowest BCUT2D eigenvalue weighted by Gasteiger charge is -2.12. The van der Waals surface area contributed by atoms with Crippen LogP contribution < -0.4 is 4.72 Å². The zero-order chi connectivity index (χ0) is 13.2. The fourth-order valence-corrected chi connectivity index (χ4v) is 3.16. The molecular weight excluding hydrogens is 310 g/mol. The lowest BCUT2D eigenvalue weighted by Crippen LogP contribution is -2.38. The van der Waals surface area contributed by atoms with Crippen LogP contribution in [0.25, 0.3) is 0 Å². The third-order valence-corrected chi connectivity index (χ3v) is 4.32. The summed E-state index contributed by atoms with van der Waals surface area (Å²) in [5.74, 6) is -1.22. The third kappa shape index (κ3) is 3.52. The lowest BCUT2D eigenvalue weighted by atomic mass is 10.2. The number of aryl methyl sites for hydroxylation is 1. The number of carbonyl (C=O) groups is 1. The van der Waals surface area contributed by atoms with Crippen molar-refractivity contribution >= 4 is 31.9 Å². The summed E-state index contributed by atoms with van der Waals surface area (Å²) in [5.41, 5.74) is 0.546. The number of carboxylic acids is 1. The quantitative estimate of drug-likeness (QED) is 0.880. The average Bonchev–Trinajstić information content (AvgIpc) is 2.15. The highest BCUT2D eigenvalue weighted by atomic mass is 79.9. The van der Waals surface area contributed by atoms with Gasteiger partial charge in [0.25, 0.3) is 0 Å². The molecule has 0 aliphatic rings. The third-order valence-electron chi connectivity index (χ3n) is 2.13. The Bertz CT molecular complexity index is 541. The van der Waals surface area contributed by atoms with Gasteiger partial charge in [-0.3, -0.25) is 4.79 Å². The van der Waals surface area contributed by atoms with E-state index >= 15 is 0 Å². The molecule has 0 spiro atoms. The molecule has 1 rings (SSSR count). The molecule has 17 heavy (non-hydrogen) atoms. The topological polar surface area (TPSA) is 83.5 Å². The molecule has 0 aliphatic carbocycles. The van der Waals surface area contributed by atoms with Gasteiger partial charge < -0.3 is 5.11 Å². The number of carboxylic acid groups (broad SMARTS) is 1. The molecule has 94 valence electrons. The maximum Gasteiger partial charge on any atom is 0.321 e. The first kappa shape index (κ1) is 14.1. The number of nitrogens with one attached hydrogen (secondary N) is 1. The first-order valence-electron chi connectivity index (χ1n) is 4.75. The van der Waals surface area contributed by atoms with Crippen LogP contribution in [0.4, 0.5) is 0 Å². The standard InChI is InChI=1S/C10H12BrNO4S/c1-6-5-8(11)3-4-9(6)17(15,16)12-7(2)10(13)14/h3-5,7,12H,1-2H3,(H,13,14). The van der Waals surface area contributed by atoms with Gasteiger partial charge in [0, 0.05) is 4.47 Å². The van der Waals surface area contributed by atoms with Gasteiger partial charge in [0.15, 0.2) is 0 Å². The minimum absolute atomic E-state index is 0.0776. The van der Waals surface area contributed by atoms with E-state index in [4.69, 9.17) is 5.11 Å². The molecule has 0 aliphatic heterocycles. The number of hydrogen-bond acceptors (Lipinski definition) is 3. The Morgan fingerprint density at radius 1 is 1.47 bits per heavy atom. The Balaban J connectivity index is 3.10. The first-order chi connectivity index (χ1) is 7.74. The molecule has 0 saturated heterocycles. The van der Waals surface area contributed by atoms with Gasteiger partial charge in [-0.1, -0.05) is 15.9 Å². The number of halogens is 1. The van der Waals surface area contributed by atoms with Gasteiger partial charge >= 0.3 is 5.97 Å². The zero-order valence-electron chi connectivity index (χ0n) is 9.27. The van der Waals surface area contributed by atoms with E-state index in [1.165, 1.54) is 13.0 Å². The fraction of sp³-hybridized carbons (Fsp3) is 0.300. The summed E-state index contributed by atoms with van der Waals surface area (Å²) in [6.07, 6.45) is 0. The molecule has 0 heterocycles. The van der Waals surface area contributed by atoms with Crippen molar-refractivity contribution in [1.29, 1.82) is 0 Å². The smallest absolute Gasteiger partial charge is 0.321 e. The van der Waals surface area contributed by atoms with Crippen LogP contribution in [-0.2, 0) is 14.8 Å². The normalized spacial score (nSPS) is 13.4. The summed E-state index contributed by atoms with van der Waals surface area (Å²) >= 11 is 3.23. The van der Waals surface area contributed by atoms with Crippen molar-refractivity contribution in [2.24, 2.45) is 0 Å². The van der Waals surface area contributed by atoms with Gasteiger partial charge in [-0.15, -0.1) is 0 Å². The summed E-state index contributed by atoms with van der Waals surface area (Å²) in [6, 6.07) is 3.51. The van der Waals surface area contributed by atoms with Crippen LogP contribution in [0, 0.1) is 6.92 Å². The van der Waals surface area contributed by atoms with E-state index < -0.39 is 22.0 Å². The Kier molecular flexibility index (Phi) is 4.29. The largest absolute Gasteiger partial charge is 0.480 e. The van der Waals surface area contributed by atoms with Crippen molar-refractivity contribution in [1.82, 2.24) is 4.72 Å². The van der Waals surface area contributed by atoms with E-state index in [2.05, 4.69) is 20.7 Å². The van der Waals surface area contributed by atoms with Gasteiger partial charge in [0.2, 0.25) is 10.0 Å². The number of benzene rings is 1. The molecule has 1 aromatic rings. The van der Waals surface area contributed by atoms with E-state index in [9.17, 15) is 13.2 Å². The van der Waals surface area contributed by atoms with E-state index in [0.29, 0.717) is 5.56 Å². The zero-order valence-corrected chi connectivity index (χ0v) is 11.7. The molecule has 0 aromatic heterocycles. The molecular formula is C10H12BrNO4S. The first-order valence-corrected chi connectivity index (χ1v) is 7.03. The predicted octanol–water partition coefficient (Wildman–Crippen LogP) is 1.51. The SMILES string of the molecule is Cc1cc(Br)ccc1S(=O)(=O)NC(C)C(=O)O. The van der Waals surface area contributed by atoms with E-state index in [0.717, 1.165) is 4.47 Å². The monoisotopic (exact) mass is 321 g/mol. The van der Waals surface area contributed by atoms with Gasteiger partial charge in [-0.2, -0.15) is 4.72 Å². The van der Waals surface area contributed by atoms with E-state index in [1.54, 1.807) is 19.1 Å². The number of hydrogen-bond donors (Lipinski definition) is 2. The van der Waals surface area contributed by atoms with Crippen LogP contribution in [0.5, 0.6) is 0 Å². The molecule has 0 saturated carbocycles. The fourth-order valence-electron chi connectivity index (χ4n) is 1.26. The highest BCUT2D eigenvalue weighted by molar-refractivity contribution is 9.10. The average molecular weight is 322 g/mol. The Labute approximate surface area is 108 Å². The highest BCUT2D eigenvalue weighted by Crippen LogP contribution is 2.20. The maximum atomic E-state index is 11.9. The maximum absolute atomic E-state index is 11.9. The molecule has 0 bridgehead atoms. The molecule has 0 amide bonds. The summed E-state index contributed by atoms with van der Waals surface area (Å²) in [5, 5.41) is 8.67. The van der Waals surface area contributed by atoms with Gasteiger partial charge in [-0.05, 0) is 37.6 Å². The summed E-state index contributed by atoms with van der Waals surface area (Å²) < 4.78 is 26.6. The minimum atomic E-state index is -3.80. The van der Waals surface area contributed by atoms with Crippen LogP contribution in [0.15, 0.2) is 27.6 Å². The van der Waals surface area contributed by atoms with Crippen LogP contribution in [0.2, 0.25) is 0 Å². The van der Waals surface area contributed by atoms with Crippen molar-refractivity contribution in [3.05, 3.63) is 28.2 Å². The van der Waals surface area contributed by atoms with Gasteiger partial charge in [-0.25, -0.2) is 8.42 Å². The van der Waals surface area contributed by atoms with E-state index in [-0.39, 0.29) is 4.90 Å². The number of sulfonamides is 1. The van der Waals surface area contributed by atoms with Gasteiger partial charge in [0.1, 0.15) is 6.04 Å². The summed E-state index contributed by atoms with van der Waals surface area (Å²) in [6.45, 7) is 2.92. The van der Waals surface area contributed by atoms with Crippen LogP contribution in [0.1, 0.15) is 12.5 Å². The van der Waals surface area contributed by atoms with Crippen molar-refractivity contribution in [2.75, 3.05) is 0 Å². The summed E-state index contributed by atoms with van der Waals surface area (Å²) in [4.78, 5) is 10.7. The van der Waals surface area contributed by atoms with Crippen LogP contribution in [0.3, 0.4) is 0 Å². The molecule has 1 unspecified atom stereocenters. The second kappa shape index (κ2) is 5.16. The molecule has 0 fully saturated rings. The summed E-state index contributed by atoms with van der Waals surface area (Å²) in [7, 11) is -3.80. The lowest BCUT2D eigenvalue weighted by molar-refractivity contribution is -0.138. The van der Waals surface area contributed by atoms with Crippen molar-refractivity contribution in [2.45, 2.75) is 24.8 Å². The molecule has 1 atom stereocenters. The van der Waals surface area contributed by atoms with Gasteiger partial charge in [0.05, 0.1) is 4.90 Å². The van der Waals surface area contributed by atoms with Crippen LogP contribution >= 0.6 is 15.9 Å². The predicted molar refractivity (Wildman–Crippen MR) is 66.3 cm³/mol. The van der Waals surface area contributed by atoms with Crippen LogP contribution in [-0.4, -0.2) is 25.5 Å². The number of rotatable bonds is 4.